The van der Waals surface area contributed by atoms with Gasteiger partial charge in [0.1, 0.15) is 0 Å². The molecular weight excluding hydrogens is 358 g/mol. The van der Waals surface area contributed by atoms with E-state index in [2.05, 4.69) is 21.9 Å². The Morgan fingerprint density at radius 1 is 1.16 bits per heavy atom. The molecule has 0 radical (unpaired) electrons. The van der Waals surface area contributed by atoms with Crippen molar-refractivity contribution in [3.63, 3.8) is 0 Å². The average Bonchev–Trinajstić information content (AvgIpc) is 2.59. The van der Waals surface area contributed by atoms with Crippen LogP contribution in [0.2, 0.25) is 0 Å². The maximum Gasteiger partial charge on any atom is 0.241 e. The lowest BCUT2D eigenvalue weighted by Gasteiger charge is -2.15. The van der Waals surface area contributed by atoms with Crippen molar-refractivity contribution < 1.29 is 8.42 Å². The minimum absolute atomic E-state index is 0. The first-order chi connectivity index (χ1) is 11.5. The Balaban J connectivity index is 0.00000312. The summed E-state index contributed by atoms with van der Waals surface area (Å²) in [6.07, 6.45) is 8.10. The minimum Gasteiger partial charge on any atom is -0.313 e. The van der Waals surface area contributed by atoms with Gasteiger partial charge in [-0.3, -0.25) is 4.98 Å². The van der Waals surface area contributed by atoms with Gasteiger partial charge in [0.2, 0.25) is 10.0 Å². The molecule has 0 aliphatic rings. The fourth-order valence-electron chi connectivity index (χ4n) is 2.61. The zero-order valence-corrected chi connectivity index (χ0v) is 16.5. The second-order valence-electron chi connectivity index (χ2n) is 6.12. The first kappa shape index (κ1) is 21.8. The molecule has 0 aliphatic carbocycles. The number of unbranched alkanes of at least 4 members (excludes halogenated alkanes) is 3. The number of hydrogen-bond acceptors (Lipinski definition) is 4. The largest absolute Gasteiger partial charge is 0.313 e. The zero-order valence-electron chi connectivity index (χ0n) is 14.9. The summed E-state index contributed by atoms with van der Waals surface area (Å²) in [6.45, 7) is 5.48. The van der Waals surface area contributed by atoms with Crippen LogP contribution in [0, 0.1) is 0 Å². The Bertz CT molecular complexity index is 748. The van der Waals surface area contributed by atoms with Crippen LogP contribution in [0.15, 0.2) is 41.6 Å². The molecule has 1 atom stereocenters. The van der Waals surface area contributed by atoms with Crippen LogP contribution in [0.4, 0.5) is 0 Å². The molecule has 0 spiro atoms. The number of fused-ring (bicyclic) bond motifs is 1. The number of halogens is 1. The summed E-state index contributed by atoms with van der Waals surface area (Å²) in [5.74, 6) is 0. The lowest BCUT2D eigenvalue weighted by molar-refractivity contribution is 0.506. The first-order valence-corrected chi connectivity index (χ1v) is 10.1. The predicted molar refractivity (Wildman–Crippen MR) is 106 cm³/mol. The average molecular weight is 386 g/mol. The number of aromatic nitrogens is 1. The molecule has 2 rings (SSSR count). The molecule has 5 nitrogen and oxygen atoms in total. The smallest absolute Gasteiger partial charge is 0.241 e. The van der Waals surface area contributed by atoms with E-state index in [0.29, 0.717) is 16.8 Å². The summed E-state index contributed by atoms with van der Waals surface area (Å²) in [4.78, 5) is 4.34. The van der Waals surface area contributed by atoms with Gasteiger partial charge in [0.15, 0.2) is 0 Å². The van der Waals surface area contributed by atoms with Crippen molar-refractivity contribution in [3.05, 3.63) is 36.7 Å². The van der Waals surface area contributed by atoms with E-state index in [4.69, 9.17) is 0 Å². The molecule has 0 saturated heterocycles. The fourth-order valence-corrected chi connectivity index (χ4v) is 3.97. The van der Waals surface area contributed by atoms with E-state index in [-0.39, 0.29) is 18.4 Å². The van der Waals surface area contributed by atoms with Gasteiger partial charge in [-0.15, -0.1) is 12.4 Å². The number of pyridine rings is 1. The van der Waals surface area contributed by atoms with Crippen molar-refractivity contribution >= 4 is 33.2 Å². The van der Waals surface area contributed by atoms with Crippen molar-refractivity contribution in [1.29, 1.82) is 0 Å². The topological polar surface area (TPSA) is 71.1 Å². The maximum absolute atomic E-state index is 12.6. The number of rotatable bonds is 10. The SMILES string of the molecule is CCCCCCNC(C)CNS(=O)(=O)c1cccc2cnccc12.Cl. The molecule has 1 heterocycles. The second-order valence-corrected chi connectivity index (χ2v) is 7.86. The minimum atomic E-state index is -3.54. The van der Waals surface area contributed by atoms with Crippen LogP contribution in [0.3, 0.4) is 0 Å². The highest BCUT2D eigenvalue weighted by Gasteiger charge is 2.17. The van der Waals surface area contributed by atoms with E-state index in [0.717, 1.165) is 18.4 Å². The van der Waals surface area contributed by atoms with Crippen LogP contribution >= 0.6 is 12.4 Å². The van der Waals surface area contributed by atoms with Crippen molar-refractivity contribution in [2.24, 2.45) is 0 Å². The van der Waals surface area contributed by atoms with Gasteiger partial charge in [-0.2, -0.15) is 0 Å². The van der Waals surface area contributed by atoms with E-state index in [1.807, 2.05) is 13.0 Å². The molecule has 0 saturated carbocycles. The number of hydrogen-bond donors (Lipinski definition) is 2. The fraction of sp³-hybridized carbons (Fsp3) is 0.500. The van der Waals surface area contributed by atoms with Crippen LogP contribution in [-0.2, 0) is 10.0 Å². The Morgan fingerprint density at radius 3 is 2.72 bits per heavy atom. The summed E-state index contributed by atoms with van der Waals surface area (Å²) in [5.41, 5.74) is 0. The standard InChI is InChI=1S/C18H27N3O2S.ClH/c1-3-4-5-6-11-20-15(2)13-21-24(22,23)18-9-7-8-16-14-19-12-10-17(16)18;/h7-10,12,14-15,20-21H,3-6,11,13H2,1-2H3;1H. The van der Waals surface area contributed by atoms with Gasteiger partial charge in [0.05, 0.1) is 4.90 Å². The molecule has 0 fully saturated rings. The van der Waals surface area contributed by atoms with Gasteiger partial charge in [0, 0.05) is 35.8 Å². The van der Waals surface area contributed by atoms with Gasteiger partial charge in [-0.25, -0.2) is 13.1 Å². The third-order valence-electron chi connectivity index (χ3n) is 4.03. The van der Waals surface area contributed by atoms with Crippen LogP contribution in [-0.4, -0.2) is 32.5 Å². The number of nitrogens with zero attached hydrogens (tertiary/aromatic N) is 1. The molecule has 0 bridgehead atoms. The molecule has 1 unspecified atom stereocenters. The molecule has 0 amide bonds. The Labute approximate surface area is 157 Å². The van der Waals surface area contributed by atoms with Crippen molar-refractivity contribution in [3.8, 4) is 0 Å². The second kappa shape index (κ2) is 10.7. The van der Waals surface area contributed by atoms with Gasteiger partial charge >= 0.3 is 0 Å². The molecule has 0 aliphatic heterocycles. The van der Waals surface area contributed by atoms with Crippen molar-refractivity contribution in [1.82, 2.24) is 15.0 Å². The van der Waals surface area contributed by atoms with Gasteiger partial charge in [-0.05, 0) is 32.0 Å². The van der Waals surface area contributed by atoms with E-state index in [1.54, 1.807) is 30.6 Å². The van der Waals surface area contributed by atoms with Crippen LogP contribution < -0.4 is 10.0 Å². The number of sulfonamides is 1. The van der Waals surface area contributed by atoms with Crippen molar-refractivity contribution in [2.45, 2.75) is 50.5 Å². The Morgan fingerprint density at radius 2 is 1.96 bits per heavy atom. The number of benzene rings is 1. The Hall–Kier alpha value is -1.21. The maximum atomic E-state index is 12.6. The molecular formula is C18H28ClN3O2S. The third-order valence-corrected chi connectivity index (χ3v) is 5.51. The van der Waals surface area contributed by atoms with Gasteiger partial charge in [-0.1, -0.05) is 38.3 Å². The highest BCUT2D eigenvalue weighted by molar-refractivity contribution is 7.89. The van der Waals surface area contributed by atoms with E-state index < -0.39 is 10.0 Å². The van der Waals surface area contributed by atoms with Crippen LogP contribution in [0.5, 0.6) is 0 Å². The molecule has 7 heteroatoms. The quantitative estimate of drug-likeness (QED) is 0.614. The third kappa shape index (κ3) is 6.55. The molecule has 2 aromatic rings. The number of nitrogens with one attached hydrogen (secondary N) is 2. The summed E-state index contributed by atoms with van der Waals surface area (Å²) >= 11 is 0. The summed E-state index contributed by atoms with van der Waals surface area (Å²) < 4.78 is 27.9. The monoisotopic (exact) mass is 385 g/mol. The lowest BCUT2D eigenvalue weighted by Crippen LogP contribution is -2.39. The normalized spacial score (nSPS) is 12.7. The molecule has 1 aromatic carbocycles. The van der Waals surface area contributed by atoms with Crippen LogP contribution in [0.25, 0.3) is 10.8 Å². The van der Waals surface area contributed by atoms with Crippen LogP contribution in [0.1, 0.15) is 39.5 Å². The van der Waals surface area contributed by atoms with E-state index >= 15 is 0 Å². The first-order valence-electron chi connectivity index (χ1n) is 8.60. The zero-order chi connectivity index (χ0) is 17.4. The van der Waals surface area contributed by atoms with Gasteiger partial charge < -0.3 is 5.32 Å². The summed E-state index contributed by atoms with van der Waals surface area (Å²) in [5, 5.41) is 4.88. The van der Waals surface area contributed by atoms with E-state index in [9.17, 15) is 8.42 Å². The highest BCUT2D eigenvalue weighted by atomic mass is 35.5. The lowest BCUT2D eigenvalue weighted by atomic mass is 10.2. The predicted octanol–water partition coefficient (Wildman–Crippen LogP) is 3.49. The summed E-state index contributed by atoms with van der Waals surface area (Å²) in [7, 11) is -3.54. The van der Waals surface area contributed by atoms with Crippen molar-refractivity contribution in [2.75, 3.05) is 13.1 Å². The highest BCUT2D eigenvalue weighted by Crippen LogP contribution is 2.21. The molecule has 1 aromatic heterocycles. The Kier molecular flexibility index (Phi) is 9.35. The summed E-state index contributed by atoms with van der Waals surface area (Å²) in [6, 6.07) is 7.07. The van der Waals surface area contributed by atoms with Gasteiger partial charge in [0.25, 0.3) is 0 Å². The molecule has 140 valence electrons. The molecule has 2 N–H and O–H groups in total. The molecule has 25 heavy (non-hydrogen) atoms. The van der Waals surface area contributed by atoms with E-state index in [1.165, 1.54) is 19.3 Å².